The molecule has 1 aliphatic heterocycles. The number of rotatable bonds is 3. The van der Waals surface area contributed by atoms with Crippen molar-refractivity contribution in [3.63, 3.8) is 0 Å². The molecule has 0 saturated carbocycles. The molecule has 0 aliphatic carbocycles. The van der Waals surface area contributed by atoms with Crippen molar-refractivity contribution < 1.29 is 9.53 Å². The van der Waals surface area contributed by atoms with Gasteiger partial charge in [-0.25, -0.2) is 4.79 Å². The van der Waals surface area contributed by atoms with Gasteiger partial charge in [0.05, 0.1) is 6.61 Å². The summed E-state index contributed by atoms with van der Waals surface area (Å²) in [5.74, 6) is 0. The van der Waals surface area contributed by atoms with Gasteiger partial charge in [0.2, 0.25) is 0 Å². The predicted molar refractivity (Wildman–Crippen MR) is 73.7 cm³/mol. The van der Waals surface area contributed by atoms with E-state index in [1.807, 2.05) is 11.8 Å². The fourth-order valence-corrected chi connectivity index (χ4v) is 3.40. The van der Waals surface area contributed by atoms with E-state index >= 15 is 0 Å². The minimum Gasteiger partial charge on any atom is -0.450 e. The second-order valence-electron chi connectivity index (χ2n) is 6.32. The molecule has 0 spiro atoms. The first-order valence-electron chi connectivity index (χ1n) is 6.95. The van der Waals surface area contributed by atoms with Crippen LogP contribution >= 0.6 is 0 Å². The molecule has 4 nitrogen and oxygen atoms in total. The van der Waals surface area contributed by atoms with Crippen molar-refractivity contribution in [2.45, 2.75) is 71.5 Å². The van der Waals surface area contributed by atoms with E-state index in [4.69, 9.17) is 4.74 Å². The van der Waals surface area contributed by atoms with Crippen molar-refractivity contribution in [3.8, 4) is 0 Å². The molecule has 4 heteroatoms. The topological polar surface area (TPSA) is 41.6 Å². The zero-order valence-corrected chi connectivity index (χ0v) is 12.7. The average Bonchev–Trinajstić information content (AvgIpc) is 2.13. The van der Waals surface area contributed by atoms with E-state index < -0.39 is 0 Å². The molecule has 1 saturated heterocycles. The summed E-state index contributed by atoms with van der Waals surface area (Å²) in [4.78, 5) is 14.1. The van der Waals surface area contributed by atoms with Crippen molar-refractivity contribution in [1.29, 1.82) is 0 Å². The van der Waals surface area contributed by atoms with Crippen molar-refractivity contribution in [3.05, 3.63) is 0 Å². The maximum atomic E-state index is 12.2. The molecule has 0 aromatic carbocycles. The Morgan fingerprint density at radius 2 is 1.72 bits per heavy atom. The standard InChI is InChI=1S/C14H28N2O2/c1-7-15-11-9-13(3,4)16(12(17)18-8-2)14(5,6)10-11/h11,15H,7-10H2,1-6H3. The summed E-state index contributed by atoms with van der Waals surface area (Å²) >= 11 is 0. The second kappa shape index (κ2) is 5.47. The first kappa shape index (κ1) is 15.3. The molecule has 0 unspecified atom stereocenters. The highest BCUT2D eigenvalue weighted by Crippen LogP contribution is 2.38. The Morgan fingerprint density at radius 1 is 1.22 bits per heavy atom. The van der Waals surface area contributed by atoms with Gasteiger partial charge in [-0.3, -0.25) is 4.90 Å². The summed E-state index contributed by atoms with van der Waals surface area (Å²) in [7, 11) is 0. The number of nitrogens with one attached hydrogen (secondary N) is 1. The number of ether oxygens (including phenoxy) is 1. The minimum absolute atomic E-state index is 0.180. The van der Waals surface area contributed by atoms with E-state index in [9.17, 15) is 4.79 Å². The Bertz CT molecular complexity index is 282. The average molecular weight is 256 g/mol. The molecule has 0 radical (unpaired) electrons. The van der Waals surface area contributed by atoms with Crippen LogP contribution in [-0.4, -0.2) is 41.3 Å². The largest absolute Gasteiger partial charge is 0.450 e. The van der Waals surface area contributed by atoms with E-state index in [1.165, 1.54) is 0 Å². The molecule has 1 fully saturated rings. The van der Waals surface area contributed by atoms with Crippen LogP contribution in [0.25, 0.3) is 0 Å². The van der Waals surface area contributed by atoms with E-state index in [-0.39, 0.29) is 17.2 Å². The first-order chi connectivity index (χ1) is 8.24. The molecule has 0 aromatic rings. The molecule has 1 rings (SSSR count). The molecule has 1 heterocycles. The highest BCUT2D eigenvalue weighted by atomic mass is 16.6. The minimum atomic E-state index is -0.192. The summed E-state index contributed by atoms with van der Waals surface area (Å²) in [5, 5.41) is 3.51. The molecule has 0 aromatic heterocycles. The molecule has 1 amide bonds. The molecule has 0 atom stereocenters. The Hall–Kier alpha value is -0.770. The quantitative estimate of drug-likeness (QED) is 0.844. The van der Waals surface area contributed by atoms with E-state index in [2.05, 4.69) is 39.9 Å². The van der Waals surface area contributed by atoms with Crippen LogP contribution in [0.4, 0.5) is 4.79 Å². The van der Waals surface area contributed by atoms with E-state index in [0.717, 1.165) is 19.4 Å². The number of hydrogen-bond donors (Lipinski definition) is 1. The zero-order valence-electron chi connectivity index (χ0n) is 12.7. The fourth-order valence-electron chi connectivity index (χ4n) is 3.40. The van der Waals surface area contributed by atoms with Crippen molar-refractivity contribution >= 4 is 6.09 Å². The SMILES string of the molecule is CCNC1CC(C)(C)N(C(=O)OCC)C(C)(C)C1. The summed E-state index contributed by atoms with van der Waals surface area (Å²) in [5.41, 5.74) is -0.359. The first-order valence-corrected chi connectivity index (χ1v) is 6.95. The smallest absolute Gasteiger partial charge is 0.410 e. The van der Waals surface area contributed by atoms with Gasteiger partial charge in [0.1, 0.15) is 0 Å². The highest BCUT2D eigenvalue weighted by molar-refractivity contribution is 5.70. The molecule has 1 aliphatic rings. The lowest BCUT2D eigenvalue weighted by molar-refractivity contribution is -0.0330. The van der Waals surface area contributed by atoms with Gasteiger partial charge < -0.3 is 10.1 Å². The molecular formula is C14H28N2O2. The molecule has 0 bridgehead atoms. The summed E-state index contributed by atoms with van der Waals surface area (Å²) in [6.07, 6.45) is 1.73. The van der Waals surface area contributed by atoms with Gasteiger partial charge in [-0.05, 0) is 54.0 Å². The van der Waals surface area contributed by atoms with Gasteiger partial charge >= 0.3 is 6.09 Å². The summed E-state index contributed by atoms with van der Waals surface area (Å²) in [6, 6.07) is 0.464. The van der Waals surface area contributed by atoms with Crippen LogP contribution in [-0.2, 0) is 4.74 Å². The third kappa shape index (κ3) is 3.16. The molecule has 106 valence electrons. The molecular weight excluding hydrogens is 228 g/mol. The molecule has 18 heavy (non-hydrogen) atoms. The maximum absolute atomic E-state index is 12.2. The van der Waals surface area contributed by atoms with Crippen molar-refractivity contribution in [1.82, 2.24) is 10.2 Å². The normalized spacial score (nSPS) is 22.9. The van der Waals surface area contributed by atoms with E-state index in [0.29, 0.717) is 12.6 Å². The predicted octanol–water partition coefficient (Wildman–Crippen LogP) is 2.77. The third-order valence-corrected chi connectivity index (χ3v) is 3.65. The van der Waals surface area contributed by atoms with Crippen LogP contribution < -0.4 is 5.32 Å². The molecule has 1 N–H and O–H groups in total. The van der Waals surface area contributed by atoms with Crippen LogP contribution in [0, 0.1) is 0 Å². The Balaban J connectivity index is 2.92. The van der Waals surface area contributed by atoms with Crippen LogP contribution in [0.5, 0.6) is 0 Å². The van der Waals surface area contributed by atoms with Gasteiger partial charge in [0.15, 0.2) is 0 Å². The summed E-state index contributed by atoms with van der Waals surface area (Å²) in [6.45, 7) is 13.9. The van der Waals surface area contributed by atoms with Gasteiger partial charge in [0, 0.05) is 17.1 Å². The highest BCUT2D eigenvalue weighted by Gasteiger charge is 2.48. The third-order valence-electron chi connectivity index (χ3n) is 3.65. The lowest BCUT2D eigenvalue weighted by Crippen LogP contribution is -2.65. The van der Waals surface area contributed by atoms with Crippen LogP contribution in [0.3, 0.4) is 0 Å². The van der Waals surface area contributed by atoms with Gasteiger partial charge in [-0.1, -0.05) is 6.92 Å². The summed E-state index contributed by atoms with van der Waals surface area (Å²) < 4.78 is 5.21. The number of carbonyl (C=O) groups excluding carboxylic acids is 1. The van der Waals surface area contributed by atoms with Gasteiger partial charge in [0.25, 0.3) is 0 Å². The maximum Gasteiger partial charge on any atom is 0.410 e. The Morgan fingerprint density at radius 3 is 2.11 bits per heavy atom. The fraction of sp³-hybridized carbons (Fsp3) is 0.929. The number of likely N-dealkylation sites (tertiary alicyclic amines) is 1. The Labute approximate surface area is 111 Å². The lowest BCUT2D eigenvalue weighted by atomic mass is 9.77. The van der Waals surface area contributed by atoms with E-state index in [1.54, 1.807) is 0 Å². The Kier molecular flexibility index (Phi) is 4.65. The van der Waals surface area contributed by atoms with Crippen LogP contribution in [0.2, 0.25) is 0 Å². The monoisotopic (exact) mass is 256 g/mol. The van der Waals surface area contributed by atoms with Crippen LogP contribution in [0.1, 0.15) is 54.4 Å². The van der Waals surface area contributed by atoms with Crippen molar-refractivity contribution in [2.75, 3.05) is 13.2 Å². The van der Waals surface area contributed by atoms with Gasteiger partial charge in [-0.2, -0.15) is 0 Å². The number of hydrogen-bond acceptors (Lipinski definition) is 3. The zero-order chi connectivity index (χ0) is 14.0. The second-order valence-corrected chi connectivity index (χ2v) is 6.32. The van der Waals surface area contributed by atoms with Crippen molar-refractivity contribution in [2.24, 2.45) is 0 Å². The number of nitrogens with zero attached hydrogens (tertiary/aromatic N) is 1. The lowest BCUT2D eigenvalue weighted by Gasteiger charge is -2.54. The number of piperidine rings is 1. The van der Waals surface area contributed by atoms with Gasteiger partial charge in [-0.15, -0.1) is 0 Å². The van der Waals surface area contributed by atoms with Crippen LogP contribution in [0.15, 0.2) is 0 Å². The number of carbonyl (C=O) groups is 1. The number of amides is 1.